The van der Waals surface area contributed by atoms with Crippen LogP contribution in [-0.4, -0.2) is 0 Å². The standard InChI is InChI=1S/C18H23NS/c1-2-5-17(18-8-4-11-20-18)19-13-14-6-3-7-16(12-14)15-9-10-15/h3-4,6-8,11-12,15,17,19H,2,5,9-10,13H2,1H3. The van der Waals surface area contributed by atoms with Gasteiger partial charge in [0, 0.05) is 17.5 Å². The molecule has 0 spiro atoms. The van der Waals surface area contributed by atoms with Crippen LogP contribution in [-0.2, 0) is 6.54 Å². The molecule has 0 bridgehead atoms. The van der Waals surface area contributed by atoms with E-state index in [1.807, 2.05) is 11.3 Å². The van der Waals surface area contributed by atoms with Gasteiger partial charge in [0.05, 0.1) is 0 Å². The highest BCUT2D eigenvalue weighted by molar-refractivity contribution is 7.10. The van der Waals surface area contributed by atoms with Gasteiger partial charge < -0.3 is 5.32 Å². The maximum Gasteiger partial charge on any atom is 0.0417 e. The summed E-state index contributed by atoms with van der Waals surface area (Å²) in [7, 11) is 0. The van der Waals surface area contributed by atoms with Gasteiger partial charge in [-0.2, -0.15) is 0 Å². The van der Waals surface area contributed by atoms with Gasteiger partial charge in [0.15, 0.2) is 0 Å². The molecule has 0 aliphatic heterocycles. The highest BCUT2D eigenvalue weighted by Crippen LogP contribution is 2.40. The maximum absolute atomic E-state index is 3.74. The molecule has 1 fully saturated rings. The minimum Gasteiger partial charge on any atom is -0.305 e. The number of rotatable bonds is 7. The van der Waals surface area contributed by atoms with Gasteiger partial charge >= 0.3 is 0 Å². The zero-order valence-electron chi connectivity index (χ0n) is 12.1. The Morgan fingerprint density at radius 1 is 1.25 bits per heavy atom. The molecule has 106 valence electrons. The quantitative estimate of drug-likeness (QED) is 0.732. The number of nitrogens with one attached hydrogen (secondary N) is 1. The van der Waals surface area contributed by atoms with Gasteiger partial charge in [-0.15, -0.1) is 11.3 Å². The monoisotopic (exact) mass is 285 g/mol. The van der Waals surface area contributed by atoms with Crippen molar-refractivity contribution in [2.45, 2.75) is 51.1 Å². The van der Waals surface area contributed by atoms with Crippen LogP contribution in [0.5, 0.6) is 0 Å². The van der Waals surface area contributed by atoms with Crippen LogP contribution in [0.3, 0.4) is 0 Å². The maximum atomic E-state index is 3.74. The van der Waals surface area contributed by atoms with Gasteiger partial charge in [0.2, 0.25) is 0 Å². The fraction of sp³-hybridized carbons (Fsp3) is 0.444. The first kappa shape index (κ1) is 13.8. The summed E-state index contributed by atoms with van der Waals surface area (Å²) < 4.78 is 0. The fourth-order valence-electron chi connectivity index (χ4n) is 2.74. The lowest BCUT2D eigenvalue weighted by atomic mass is 10.1. The molecule has 1 aliphatic carbocycles. The molecule has 0 saturated heterocycles. The molecule has 1 nitrogen and oxygen atoms in total. The van der Waals surface area contributed by atoms with E-state index in [4.69, 9.17) is 0 Å². The van der Waals surface area contributed by atoms with E-state index >= 15 is 0 Å². The second-order valence-corrected chi connectivity index (χ2v) is 6.74. The molecule has 2 heteroatoms. The van der Waals surface area contributed by atoms with Crippen LogP contribution in [0, 0.1) is 0 Å². The predicted octanol–water partition coefficient (Wildman–Crippen LogP) is 5.26. The Labute approximate surface area is 126 Å². The Morgan fingerprint density at radius 3 is 2.85 bits per heavy atom. The summed E-state index contributed by atoms with van der Waals surface area (Å²) >= 11 is 1.86. The SMILES string of the molecule is CCCC(NCc1cccc(C2CC2)c1)c1cccs1. The number of hydrogen-bond acceptors (Lipinski definition) is 2. The molecule has 1 saturated carbocycles. The van der Waals surface area contributed by atoms with Crippen LogP contribution in [0.2, 0.25) is 0 Å². The van der Waals surface area contributed by atoms with E-state index < -0.39 is 0 Å². The summed E-state index contributed by atoms with van der Waals surface area (Å²) in [5.41, 5.74) is 2.96. The van der Waals surface area contributed by atoms with Gasteiger partial charge in [-0.25, -0.2) is 0 Å². The van der Waals surface area contributed by atoms with Crippen molar-refractivity contribution in [2.75, 3.05) is 0 Å². The van der Waals surface area contributed by atoms with E-state index in [0.29, 0.717) is 6.04 Å². The molecule has 1 unspecified atom stereocenters. The largest absolute Gasteiger partial charge is 0.305 e. The van der Waals surface area contributed by atoms with Gasteiger partial charge in [-0.05, 0) is 47.8 Å². The van der Waals surface area contributed by atoms with Gasteiger partial charge in [-0.1, -0.05) is 43.7 Å². The third kappa shape index (κ3) is 3.50. The van der Waals surface area contributed by atoms with Crippen LogP contribution in [0.25, 0.3) is 0 Å². The number of thiophene rings is 1. The minimum atomic E-state index is 0.504. The van der Waals surface area contributed by atoms with Crippen molar-refractivity contribution < 1.29 is 0 Å². The summed E-state index contributed by atoms with van der Waals surface area (Å²) in [5.74, 6) is 0.846. The van der Waals surface area contributed by atoms with Crippen LogP contribution >= 0.6 is 11.3 Å². The topological polar surface area (TPSA) is 12.0 Å². The first-order chi connectivity index (χ1) is 9.86. The van der Waals surface area contributed by atoms with Crippen molar-refractivity contribution in [3.8, 4) is 0 Å². The van der Waals surface area contributed by atoms with Crippen LogP contribution in [0.15, 0.2) is 41.8 Å². The summed E-state index contributed by atoms with van der Waals surface area (Å²) in [6.45, 7) is 3.24. The van der Waals surface area contributed by atoms with Crippen molar-refractivity contribution >= 4 is 11.3 Å². The third-order valence-corrected chi connectivity index (χ3v) is 5.00. The zero-order valence-corrected chi connectivity index (χ0v) is 13.0. The van der Waals surface area contributed by atoms with E-state index in [1.54, 1.807) is 0 Å². The van der Waals surface area contributed by atoms with Crippen LogP contribution in [0.4, 0.5) is 0 Å². The van der Waals surface area contributed by atoms with Crippen LogP contribution < -0.4 is 5.32 Å². The van der Waals surface area contributed by atoms with Crippen molar-refractivity contribution in [3.63, 3.8) is 0 Å². The van der Waals surface area contributed by atoms with Gasteiger partial charge in [0.25, 0.3) is 0 Å². The molecule has 0 amide bonds. The van der Waals surface area contributed by atoms with Crippen molar-refractivity contribution in [1.82, 2.24) is 5.32 Å². The molecule has 1 atom stereocenters. The Balaban J connectivity index is 1.63. The second-order valence-electron chi connectivity index (χ2n) is 5.76. The molecule has 3 rings (SSSR count). The molecule has 0 radical (unpaired) electrons. The lowest BCUT2D eigenvalue weighted by molar-refractivity contribution is 0.500. The average Bonchev–Trinajstić information content (AvgIpc) is 3.19. The molecule has 1 aliphatic rings. The molecular formula is C18H23NS. The van der Waals surface area contributed by atoms with E-state index in [9.17, 15) is 0 Å². The molecule has 1 N–H and O–H groups in total. The Kier molecular flexibility index (Phi) is 4.54. The molecule has 1 aromatic heterocycles. The summed E-state index contributed by atoms with van der Waals surface area (Å²) in [6, 6.07) is 14.0. The summed E-state index contributed by atoms with van der Waals surface area (Å²) in [6.07, 6.45) is 5.19. The average molecular weight is 285 g/mol. The Morgan fingerprint density at radius 2 is 2.15 bits per heavy atom. The fourth-order valence-corrected chi connectivity index (χ4v) is 3.57. The van der Waals surface area contributed by atoms with Crippen molar-refractivity contribution in [1.29, 1.82) is 0 Å². The van der Waals surface area contributed by atoms with Crippen molar-refractivity contribution in [3.05, 3.63) is 57.8 Å². The summed E-state index contributed by atoms with van der Waals surface area (Å²) in [5, 5.41) is 5.91. The Hall–Kier alpha value is -1.12. The Bertz CT molecular complexity index is 528. The molecule has 20 heavy (non-hydrogen) atoms. The normalized spacial score (nSPS) is 16.2. The molecule has 2 aromatic rings. The summed E-state index contributed by atoms with van der Waals surface area (Å²) in [4.78, 5) is 1.46. The smallest absolute Gasteiger partial charge is 0.0417 e. The number of benzene rings is 1. The first-order valence-electron chi connectivity index (χ1n) is 7.72. The molecule has 1 aromatic carbocycles. The molecule has 1 heterocycles. The highest BCUT2D eigenvalue weighted by Gasteiger charge is 2.23. The second kappa shape index (κ2) is 6.55. The predicted molar refractivity (Wildman–Crippen MR) is 87.2 cm³/mol. The number of hydrogen-bond donors (Lipinski definition) is 1. The third-order valence-electron chi connectivity index (χ3n) is 4.02. The highest BCUT2D eigenvalue weighted by atomic mass is 32.1. The lowest BCUT2D eigenvalue weighted by Gasteiger charge is -2.17. The van der Waals surface area contributed by atoms with Crippen LogP contribution in [0.1, 0.15) is 60.6 Å². The first-order valence-corrected chi connectivity index (χ1v) is 8.60. The van der Waals surface area contributed by atoms with Gasteiger partial charge in [0.1, 0.15) is 0 Å². The van der Waals surface area contributed by atoms with E-state index in [-0.39, 0.29) is 0 Å². The molecular weight excluding hydrogens is 262 g/mol. The zero-order chi connectivity index (χ0) is 13.8. The van der Waals surface area contributed by atoms with E-state index in [1.165, 1.54) is 41.7 Å². The minimum absolute atomic E-state index is 0.504. The van der Waals surface area contributed by atoms with E-state index in [0.717, 1.165) is 12.5 Å². The van der Waals surface area contributed by atoms with E-state index in [2.05, 4.69) is 54.0 Å². The lowest BCUT2D eigenvalue weighted by Crippen LogP contribution is -2.20. The van der Waals surface area contributed by atoms with Gasteiger partial charge in [-0.3, -0.25) is 0 Å². The van der Waals surface area contributed by atoms with Crippen molar-refractivity contribution in [2.24, 2.45) is 0 Å².